The van der Waals surface area contributed by atoms with Crippen molar-refractivity contribution < 1.29 is 4.79 Å². The second kappa shape index (κ2) is 5.95. The maximum Gasteiger partial charge on any atom is 0.236 e. The first kappa shape index (κ1) is 15.0. The van der Waals surface area contributed by atoms with E-state index in [1.165, 1.54) is 0 Å². The van der Waals surface area contributed by atoms with Crippen molar-refractivity contribution in [3.8, 4) is 0 Å². The standard InChI is InChI=1S/C14H21ClN4O/c1-8(2)6-19(7-11(16)20)14-9(3)12(15)17-13(18-14)10-4-5-10/h8,10H,4-7H2,1-3H3,(H2,16,20). The largest absolute Gasteiger partial charge is 0.368 e. The summed E-state index contributed by atoms with van der Waals surface area (Å²) in [5.74, 6) is 1.97. The van der Waals surface area contributed by atoms with Crippen LogP contribution in [0.5, 0.6) is 0 Å². The number of nitrogens with two attached hydrogens (primary N) is 1. The van der Waals surface area contributed by atoms with Crippen LogP contribution in [-0.4, -0.2) is 29.0 Å². The van der Waals surface area contributed by atoms with Gasteiger partial charge in [0.2, 0.25) is 5.91 Å². The highest BCUT2D eigenvalue weighted by atomic mass is 35.5. The minimum atomic E-state index is -0.368. The minimum Gasteiger partial charge on any atom is -0.368 e. The first-order chi connectivity index (χ1) is 9.38. The Morgan fingerprint density at radius 3 is 2.60 bits per heavy atom. The second-order valence-corrected chi connectivity index (χ2v) is 6.19. The number of anilines is 1. The van der Waals surface area contributed by atoms with E-state index in [0.29, 0.717) is 23.5 Å². The monoisotopic (exact) mass is 296 g/mol. The fourth-order valence-corrected chi connectivity index (χ4v) is 2.35. The Hall–Kier alpha value is -1.36. The molecule has 1 aromatic heterocycles. The van der Waals surface area contributed by atoms with Crippen LogP contribution in [0.1, 0.15) is 44.0 Å². The third-order valence-corrected chi connectivity index (χ3v) is 3.62. The van der Waals surface area contributed by atoms with Crippen LogP contribution < -0.4 is 10.6 Å². The molecule has 1 amide bonds. The van der Waals surface area contributed by atoms with Gasteiger partial charge in [-0.2, -0.15) is 0 Å². The Bertz CT molecular complexity index is 514. The van der Waals surface area contributed by atoms with Gasteiger partial charge < -0.3 is 10.6 Å². The first-order valence-corrected chi connectivity index (χ1v) is 7.33. The van der Waals surface area contributed by atoms with Crippen LogP contribution in [0.25, 0.3) is 0 Å². The smallest absolute Gasteiger partial charge is 0.236 e. The van der Waals surface area contributed by atoms with E-state index >= 15 is 0 Å². The van der Waals surface area contributed by atoms with Crippen LogP contribution >= 0.6 is 11.6 Å². The molecular weight excluding hydrogens is 276 g/mol. The number of hydrogen-bond donors (Lipinski definition) is 1. The summed E-state index contributed by atoms with van der Waals surface area (Å²) in [5.41, 5.74) is 6.15. The lowest BCUT2D eigenvalue weighted by Gasteiger charge is -2.26. The molecule has 0 bridgehead atoms. The van der Waals surface area contributed by atoms with Crippen LogP contribution in [0, 0.1) is 12.8 Å². The van der Waals surface area contributed by atoms with Crippen molar-refractivity contribution >= 4 is 23.3 Å². The van der Waals surface area contributed by atoms with E-state index in [-0.39, 0.29) is 12.5 Å². The first-order valence-electron chi connectivity index (χ1n) is 6.95. The van der Waals surface area contributed by atoms with Gasteiger partial charge in [-0.3, -0.25) is 4.79 Å². The zero-order chi connectivity index (χ0) is 14.9. The Morgan fingerprint density at radius 2 is 2.10 bits per heavy atom. The predicted octanol–water partition coefficient (Wildman–Crippen LogP) is 2.26. The number of aromatic nitrogens is 2. The van der Waals surface area contributed by atoms with Crippen LogP contribution in [0.4, 0.5) is 5.82 Å². The summed E-state index contributed by atoms with van der Waals surface area (Å²) in [5, 5.41) is 0.468. The van der Waals surface area contributed by atoms with Crippen molar-refractivity contribution in [3.63, 3.8) is 0 Å². The predicted molar refractivity (Wildman–Crippen MR) is 80.0 cm³/mol. The molecule has 110 valence electrons. The zero-order valence-corrected chi connectivity index (χ0v) is 12.9. The highest BCUT2D eigenvalue weighted by Crippen LogP contribution is 2.40. The molecule has 6 heteroatoms. The molecular formula is C14H21ClN4O. The maximum atomic E-state index is 11.3. The quantitative estimate of drug-likeness (QED) is 0.817. The molecule has 1 aliphatic rings. The van der Waals surface area contributed by atoms with Gasteiger partial charge in [-0.1, -0.05) is 25.4 Å². The summed E-state index contributed by atoms with van der Waals surface area (Å²) in [4.78, 5) is 22.2. The Kier molecular flexibility index (Phi) is 4.48. The highest BCUT2D eigenvalue weighted by Gasteiger charge is 2.29. The topological polar surface area (TPSA) is 72.1 Å². The van der Waals surface area contributed by atoms with Crippen molar-refractivity contribution in [1.29, 1.82) is 0 Å². The molecule has 0 aliphatic heterocycles. The molecule has 0 radical (unpaired) electrons. The summed E-state index contributed by atoms with van der Waals surface area (Å²) in [6.45, 7) is 6.92. The molecule has 1 saturated carbocycles. The average Bonchev–Trinajstić information content (AvgIpc) is 3.14. The van der Waals surface area contributed by atoms with E-state index in [1.54, 1.807) is 0 Å². The minimum absolute atomic E-state index is 0.149. The molecule has 0 unspecified atom stereocenters. The summed E-state index contributed by atoms with van der Waals surface area (Å²) < 4.78 is 0. The van der Waals surface area contributed by atoms with Gasteiger partial charge in [-0.15, -0.1) is 0 Å². The number of amides is 1. The molecule has 0 atom stereocenters. The third-order valence-electron chi connectivity index (χ3n) is 3.25. The van der Waals surface area contributed by atoms with E-state index in [1.807, 2.05) is 11.8 Å². The van der Waals surface area contributed by atoms with Gasteiger partial charge in [0.15, 0.2) is 0 Å². The van der Waals surface area contributed by atoms with Gasteiger partial charge in [0.25, 0.3) is 0 Å². The Morgan fingerprint density at radius 1 is 1.45 bits per heavy atom. The van der Waals surface area contributed by atoms with Gasteiger partial charge in [-0.05, 0) is 25.7 Å². The lowest BCUT2D eigenvalue weighted by molar-refractivity contribution is -0.116. The number of hydrogen-bond acceptors (Lipinski definition) is 4. The molecule has 2 rings (SSSR count). The molecule has 0 aromatic carbocycles. The van der Waals surface area contributed by atoms with Crippen LogP contribution in [0.2, 0.25) is 5.15 Å². The summed E-state index contributed by atoms with van der Waals surface area (Å²) in [7, 11) is 0. The second-order valence-electron chi connectivity index (χ2n) is 5.84. The lowest BCUT2D eigenvalue weighted by Crippen LogP contribution is -2.37. The SMILES string of the molecule is Cc1c(Cl)nc(C2CC2)nc1N(CC(N)=O)CC(C)C. The zero-order valence-electron chi connectivity index (χ0n) is 12.2. The van der Waals surface area contributed by atoms with Crippen molar-refractivity contribution in [2.45, 2.75) is 39.5 Å². The third kappa shape index (κ3) is 3.60. The van der Waals surface area contributed by atoms with Gasteiger partial charge in [0.1, 0.15) is 16.8 Å². The number of nitrogens with zero attached hydrogens (tertiary/aromatic N) is 3. The highest BCUT2D eigenvalue weighted by molar-refractivity contribution is 6.30. The number of carbonyl (C=O) groups excluding carboxylic acids is 1. The van der Waals surface area contributed by atoms with E-state index < -0.39 is 0 Å². The van der Waals surface area contributed by atoms with E-state index in [2.05, 4.69) is 23.8 Å². The van der Waals surface area contributed by atoms with Crippen molar-refractivity contribution in [3.05, 3.63) is 16.5 Å². The average molecular weight is 297 g/mol. The molecule has 2 N–H and O–H groups in total. The molecule has 5 nitrogen and oxygen atoms in total. The van der Waals surface area contributed by atoms with Crippen molar-refractivity contribution in [1.82, 2.24) is 9.97 Å². The van der Waals surface area contributed by atoms with Crippen molar-refractivity contribution in [2.75, 3.05) is 18.0 Å². The number of halogens is 1. The number of primary amides is 1. The Labute approximate surface area is 124 Å². The van der Waals surface area contributed by atoms with Crippen LogP contribution in [-0.2, 0) is 4.79 Å². The van der Waals surface area contributed by atoms with Gasteiger partial charge in [0, 0.05) is 18.0 Å². The normalized spacial score (nSPS) is 14.7. The van der Waals surface area contributed by atoms with E-state index in [4.69, 9.17) is 17.3 Å². The summed E-state index contributed by atoms with van der Waals surface area (Å²) >= 11 is 6.21. The van der Waals surface area contributed by atoms with E-state index in [0.717, 1.165) is 30.0 Å². The molecule has 1 aliphatic carbocycles. The summed E-state index contributed by atoms with van der Waals surface area (Å²) in [6, 6.07) is 0. The fraction of sp³-hybridized carbons (Fsp3) is 0.643. The molecule has 1 aromatic rings. The molecule has 0 saturated heterocycles. The maximum absolute atomic E-state index is 11.3. The van der Waals surface area contributed by atoms with E-state index in [9.17, 15) is 4.79 Å². The van der Waals surface area contributed by atoms with Gasteiger partial charge in [0.05, 0.1) is 6.54 Å². The number of carbonyl (C=O) groups is 1. The lowest BCUT2D eigenvalue weighted by atomic mass is 10.2. The van der Waals surface area contributed by atoms with Gasteiger partial charge >= 0.3 is 0 Å². The van der Waals surface area contributed by atoms with Gasteiger partial charge in [-0.25, -0.2) is 9.97 Å². The Balaban J connectivity index is 2.36. The van der Waals surface area contributed by atoms with Crippen LogP contribution in [0.15, 0.2) is 0 Å². The molecule has 1 heterocycles. The molecule has 1 fully saturated rings. The van der Waals surface area contributed by atoms with Crippen LogP contribution in [0.3, 0.4) is 0 Å². The number of rotatable bonds is 6. The van der Waals surface area contributed by atoms with Crippen molar-refractivity contribution in [2.24, 2.45) is 11.7 Å². The summed E-state index contributed by atoms with van der Waals surface area (Å²) in [6.07, 6.45) is 2.22. The fourth-order valence-electron chi connectivity index (χ4n) is 2.18. The molecule has 20 heavy (non-hydrogen) atoms. The molecule has 0 spiro atoms.